The lowest BCUT2D eigenvalue weighted by molar-refractivity contribution is 0.498. The molecule has 0 spiro atoms. The van der Waals surface area contributed by atoms with Crippen LogP contribution in [-0.4, -0.2) is 21.1 Å². The molecule has 1 aliphatic rings. The van der Waals surface area contributed by atoms with Crippen molar-refractivity contribution in [3.8, 4) is 0 Å². The Kier molecular flexibility index (Phi) is 4.01. The number of halogens is 2. The van der Waals surface area contributed by atoms with Crippen molar-refractivity contribution in [1.82, 2.24) is 10.0 Å². The molecule has 98 valence electrons. The Balaban J connectivity index is 2.11. The summed E-state index contributed by atoms with van der Waals surface area (Å²) >= 11 is 0. The SMILES string of the molecule is O=S(=O)(Cl)NC1CC(c2ccc(F)cc2)=CCN1. The molecule has 2 rings (SSSR count). The van der Waals surface area contributed by atoms with Crippen LogP contribution in [0.5, 0.6) is 0 Å². The highest BCUT2D eigenvalue weighted by atomic mass is 35.7. The molecular weight excluding hydrogens is 279 g/mol. The van der Waals surface area contributed by atoms with Crippen LogP contribution in [0.25, 0.3) is 5.57 Å². The molecule has 1 aromatic rings. The van der Waals surface area contributed by atoms with E-state index in [9.17, 15) is 12.8 Å². The molecule has 4 nitrogen and oxygen atoms in total. The first-order valence-electron chi connectivity index (χ1n) is 5.34. The van der Waals surface area contributed by atoms with Gasteiger partial charge in [-0.3, -0.25) is 5.32 Å². The van der Waals surface area contributed by atoms with Crippen molar-refractivity contribution >= 4 is 25.5 Å². The topological polar surface area (TPSA) is 58.2 Å². The standard InChI is InChI=1S/C11H12ClFN2O2S/c12-18(16,17)15-11-7-9(5-6-14-11)8-1-3-10(13)4-2-8/h1-5,11,14-15H,6-7H2. The second-order valence-corrected chi connectivity index (χ2v) is 6.29. The van der Waals surface area contributed by atoms with E-state index in [0.29, 0.717) is 13.0 Å². The molecule has 0 fully saturated rings. The molecule has 0 bridgehead atoms. The van der Waals surface area contributed by atoms with Gasteiger partial charge in [-0.05, 0) is 23.3 Å². The minimum absolute atomic E-state index is 0.300. The van der Waals surface area contributed by atoms with Gasteiger partial charge in [0.2, 0.25) is 0 Å². The Bertz CT molecular complexity index is 557. The van der Waals surface area contributed by atoms with E-state index in [-0.39, 0.29) is 5.82 Å². The van der Waals surface area contributed by atoms with Crippen molar-refractivity contribution in [1.29, 1.82) is 0 Å². The van der Waals surface area contributed by atoms with Gasteiger partial charge in [0.25, 0.3) is 9.24 Å². The summed E-state index contributed by atoms with van der Waals surface area (Å²) in [7, 11) is 1.37. The van der Waals surface area contributed by atoms with Crippen molar-refractivity contribution in [3.05, 3.63) is 41.7 Å². The van der Waals surface area contributed by atoms with Gasteiger partial charge >= 0.3 is 0 Å². The summed E-state index contributed by atoms with van der Waals surface area (Å²) in [6, 6.07) is 6.08. The normalized spacial score (nSPS) is 20.6. The van der Waals surface area contributed by atoms with Gasteiger partial charge in [-0.2, -0.15) is 13.1 Å². The zero-order valence-corrected chi connectivity index (χ0v) is 10.9. The first-order valence-corrected chi connectivity index (χ1v) is 7.65. The third kappa shape index (κ3) is 3.78. The van der Waals surface area contributed by atoms with E-state index in [1.807, 2.05) is 6.08 Å². The lowest BCUT2D eigenvalue weighted by atomic mass is 9.99. The van der Waals surface area contributed by atoms with Gasteiger partial charge in [0, 0.05) is 23.6 Å². The zero-order chi connectivity index (χ0) is 13.2. The first kappa shape index (κ1) is 13.5. The van der Waals surface area contributed by atoms with Gasteiger partial charge in [-0.1, -0.05) is 18.2 Å². The molecule has 1 aliphatic heterocycles. The molecule has 1 unspecified atom stereocenters. The van der Waals surface area contributed by atoms with Gasteiger partial charge < -0.3 is 0 Å². The molecule has 0 saturated carbocycles. The van der Waals surface area contributed by atoms with E-state index < -0.39 is 15.4 Å². The minimum atomic E-state index is -3.76. The maximum Gasteiger partial charge on any atom is 0.298 e. The van der Waals surface area contributed by atoms with Crippen LogP contribution in [0.1, 0.15) is 12.0 Å². The molecule has 2 N–H and O–H groups in total. The predicted molar refractivity (Wildman–Crippen MR) is 68.7 cm³/mol. The van der Waals surface area contributed by atoms with Crippen LogP contribution in [0.3, 0.4) is 0 Å². The number of hydrogen-bond acceptors (Lipinski definition) is 3. The molecule has 0 aromatic heterocycles. The average Bonchev–Trinajstić information content (AvgIpc) is 2.28. The fourth-order valence-corrected chi connectivity index (χ4v) is 2.68. The minimum Gasteiger partial charge on any atom is -0.297 e. The van der Waals surface area contributed by atoms with Crippen molar-refractivity contribution in [2.24, 2.45) is 0 Å². The molecule has 7 heteroatoms. The Morgan fingerprint density at radius 3 is 2.61 bits per heavy atom. The number of nitrogens with one attached hydrogen (secondary N) is 2. The van der Waals surface area contributed by atoms with E-state index in [4.69, 9.17) is 10.7 Å². The average molecular weight is 291 g/mol. The molecule has 0 saturated heterocycles. The Morgan fingerprint density at radius 2 is 2.00 bits per heavy atom. The van der Waals surface area contributed by atoms with Crippen LogP contribution < -0.4 is 10.0 Å². The first-order chi connectivity index (χ1) is 8.44. The van der Waals surface area contributed by atoms with Crippen LogP contribution >= 0.6 is 10.7 Å². The van der Waals surface area contributed by atoms with Crippen molar-refractivity contribution in [3.63, 3.8) is 0 Å². The molecular formula is C11H12ClFN2O2S. The third-order valence-electron chi connectivity index (χ3n) is 2.63. The van der Waals surface area contributed by atoms with Crippen LogP contribution in [0, 0.1) is 5.82 Å². The van der Waals surface area contributed by atoms with Crippen molar-refractivity contribution in [2.45, 2.75) is 12.6 Å². The molecule has 1 atom stereocenters. The molecule has 18 heavy (non-hydrogen) atoms. The summed E-state index contributed by atoms with van der Waals surface area (Å²) in [6.45, 7) is 0.525. The molecule has 0 radical (unpaired) electrons. The molecule has 1 heterocycles. The number of benzene rings is 1. The Morgan fingerprint density at radius 1 is 1.33 bits per heavy atom. The van der Waals surface area contributed by atoms with E-state index in [1.54, 1.807) is 12.1 Å². The summed E-state index contributed by atoms with van der Waals surface area (Å²) in [4.78, 5) is 0. The van der Waals surface area contributed by atoms with Crippen LogP contribution in [-0.2, 0) is 9.24 Å². The highest BCUT2D eigenvalue weighted by Crippen LogP contribution is 2.22. The highest BCUT2D eigenvalue weighted by Gasteiger charge is 2.19. The monoisotopic (exact) mass is 290 g/mol. The zero-order valence-electron chi connectivity index (χ0n) is 9.36. The molecule has 0 aliphatic carbocycles. The quantitative estimate of drug-likeness (QED) is 0.832. The summed E-state index contributed by atoms with van der Waals surface area (Å²) in [5, 5.41) is 2.96. The fraction of sp³-hybridized carbons (Fsp3) is 0.273. The van der Waals surface area contributed by atoms with Crippen LogP contribution in [0.2, 0.25) is 0 Å². The largest absolute Gasteiger partial charge is 0.298 e. The van der Waals surface area contributed by atoms with E-state index in [1.165, 1.54) is 12.1 Å². The Hall–Kier alpha value is -0.950. The van der Waals surface area contributed by atoms with Crippen LogP contribution in [0.15, 0.2) is 30.3 Å². The smallest absolute Gasteiger partial charge is 0.297 e. The van der Waals surface area contributed by atoms with Gasteiger partial charge in [-0.25, -0.2) is 4.39 Å². The summed E-state index contributed by atoms with van der Waals surface area (Å²) in [5.41, 5.74) is 1.82. The fourth-order valence-electron chi connectivity index (χ4n) is 1.85. The predicted octanol–water partition coefficient (Wildman–Crippen LogP) is 1.60. The Labute approximate surface area is 109 Å². The summed E-state index contributed by atoms with van der Waals surface area (Å²) < 4.78 is 37.0. The molecule has 1 aromatic carbocycles. The van der Waals surface area contributed by atoms with Gasteiger partial charge in [-0.15, -0.1) is 0 Å². The second-order valence-electron chi connectivity index (χ2n) is 3.96. The van der Waals surface area contributed by atoms with Crippen LogP contribution in [0.4, 0.5) is 4.39 Å². The lowest BCUT2D eigenvalue weighted by Gasteiger charge is -2.24. The number of hydrogen-bond donors (Lipinski definition) is 2. The van der Waals surface area contributed by atoms with Gasteiger partial charge in [0.05, 0.1) is 6.17 Å². The van der Waals surface area contributed by atoms with Crippen molar-refractivity contribution < 1.29 is 12.8 Å². The van der Waals surface area contributed by atoms with E-state index in [2.05, 4.69) is 10.0 Å². The summed E-state index contributed by atoms with van der Waals surface area (Å²) in [6.07, 6.45) is 1.95. The second kappa shape index (κ2) is 5.36. The highest BCUT2D eigenvalue weighted by molar-refractivity contribution is 8.12. The van der Waals surface area contributed by atoms with E-state index >= 15 is 0 Å². The maximum atomic E-state index is 12.8. The lowest BCUT2D eigenvalue weighted by Crippen LogP contribution is -2.45. The maximum absolute atomic E-state index is 12.8. The molecule has 0 amide bonds. The van der Waals surface area contributed by atoms with E-state index in [0.717, 1.165) is 11.1 Å². The third-order valence-corrected chi connectivity index (χ3v) is 3.47. The van der Waals surface area contributed by atoms with Gasteiger partial charge in [0.1, 0.15) is 5.82 Å². The van der Waals surface area contributed by atoms with Crippen molar-refractivity contribution in [2.75, 3.05) is 6.54 Å². The van der Waals surface area contributed by atoms with Gasteiger partial charge in [0.15, 0.2) is 0 Å². The number of rotatable bonds is 3. The summed E-state index contributed by atoms with van der Waals surface area (Å²) in [5.74, 6) is -0.300.